The fourth-order valence-corrected chi connectivity index (χ4v) is 6.59. The molecule has 4 aromatic carbocycles. The highest BCUT2D eigenvalue weighted by atomic mass is 35.5. The Bertz CT molecular complexity index is 1660. The highest BCUT2D eigenvalue weighted by Crippen LogP contribution is 2.35. The van der Waals surface area contributed by atoms with Gasteiger partial charge in [0.1, 0.15) is 12.6 Å². The fourth-order valence-electron chi connectivity index (χ4n) is 4.69. The summed E-state index contributed by atoms with van der Waals surface area (Å²) in [5.41, 5.74) is 1.70. The molecule has 0 unspecified atom stereocenters. The van der Waals surface area contributed by atoms with Crippen molar-refractivity contribution in [1.29, 1.82) is 0 Å². The minimum atomic E-state index is -4.28. The van der Waals surface area contributed by atoms with Gasteiger partial charge in [-0.25, -0.2) is 8.42 Å². The zero-order valence-corrected chi connectivity index (χ0v) is 26.9. The molecule has 2 atom stereocenters. The molecule has 230 valence electrons. The van der Waals surface area contributed by atoms with Crippen LogP contribution in [0.1, 0.15) is 31.4 Å². The van der Waals surface area contributed by atoms with E-state index in [2.05, 4.69) is 5.32 Å². The summed E-state index contributed by atoms with van der Waals surface area (Å²) in [7, 11) is -4.28. The second-order valence-electron chi connectivity index (χ2n) is 10.4. The maximum absolute atomic E-state index is 14.5. The summed E-state index contributed by atoms with van der Waals surface area (Å²) in [6, 6.07) is 30.0. The summed E-state index contributed by atoms with van der Waals surface area (Å²) in [6.45, 7) is 3.32. The quantitative estimate of drug-likeness (QED) is 0.173. The van der Waals surface area contributed by atoms with Crippen LogP contribution in [0.2, 0.25) is 10.0 Å². The minimum absolute atomic E-state index is 0.00793. The Morgan fingerprint density at radius 1 is 0.795 bits per heavy atom. The van der Waals surface area contributed by atoms with E-state index in [1.54, 1.807) is 30.3 Å². The Labute approximate surface area is 269 Å². The zero-order valence-electron chi connectivity index (χ0n) is 24.6. The first-order valence-electron chi connectivity index (χ1n) is 14.3. The Hall–Kier alpha value is -3.85. The Kier molecular flexibility index (Phi) is 11.4. The van der Waals surface area contributed by atoms with E-state index >= 15 is 0 Å². The molecule has 1 N–H and O–H groups in total. The van der Waals surface area contributed by atoms with E-state index in [1.807, 2.05) is 74.5 Å². The molecule has 0 spiro atoms. The number of hydrogen-bond acceptors (Lipinski definition) is 4. The van der Waals surface area contributed by atoms with Gasteiger partial charge in [-0.05, 0) is 48.7 Å². The molecule has 4 aromatic rings. The van der Waals surface area contributed by atoms with Crippen molar-refractivity contribution >= 4 is 50.7 Å². The van der Waals surface area contributed by atoms with Crippen LogP contribution in [-0.4, -0.2) is 43.8 Å². The van der Waals surface area contributed by atoms with E-state index in [4.69, 9.17) is 23.2 Å². The number of nitrogens with one attached hydrogen (secondary N) is 1. The molecule has 10 heteroatoms. The van der Waals surface area contributed by atoms with Crippen molar-refractivity contribution in [3.05, 3.63) is 130 Å². The second kappa shape index (κ2) is 15.2. The first-order valence-corrected chi connectivity index (χ1v) is 16.5. The third-order valence-electron chi connectivity index (χ3n) is 7.28. The number of hydrogen-bond donors (Lipinski definition) is 1. The summed E-state index contributed by atoms with van der Waals surface area (Å²) in [6.07, 6.45) is 0.928. The molecule has 0 bridgehead atoms. The molecule has 4 rings (SSSR count). The number of nitrogens with zero attached hydrogens (tertiary/aromatic N) is 2. The molecular formula is C34H35Cl2N3O4S. The van der Waals surface area contributed by atoms with Gasteiger partial charge < -0.3 is 10.2 Å². The average molecular weight is 653 g/mol. The van der Waals surface area contributed by atoms with Gasteiger partial charge in [0, 0.05) is 19.0 Å². The predicted octanol–water partition coefficient (Wildman–Crippen LogP) is 6.74. The van der Waals surface area contributed by atoms with Crippen molar-refractivity contribution in [2.24, 2.45) is 0 Å². The Morgan fingerprint density at radius 2 is 1.36 bits per heavy atom. The van der Waals surface area contributed by atoms with Crippen LogP contribution in [0.3, 0.4) is 0 Å². The van der Waals surface area contributed by atoms with Crippen LogP contribution >= 0.6 is 23.2 Å². The minimum Gasteiger partial charge on any atom is -0.352 e. The predicted molar refractivity (Wildman–Crippen MR) is 176 cm³/mol. The number of carbonyl (C=O) groups is 2. The molecular weight excluding hydrogens is 617 g/mol. The van der Waals surface area contributed by atoms with Gasteiger partial charge in [0.05, 0.1) is 20.6 Å². The van der Waals surface area contributed by atoms with Crippen LogP contribution in [0.4, 0.5) is 5.69 Å². The van der Waals surface area contributed by atoms with E-state index in [9.17, 15) is 18.0 Å². The van der Waals surface area contributed by atoms with Gasteiger partial charge in [0.15, 0.2) is 0 Å². The lowest BCUT2D eigenvalue weighted by atomic mass is 10.0. The van der Waals surface area contributed by atoms with E-state index < -0.39 is 28.5 Å². The van der Waals surface area contributed by atoms with E-state index in [0.717, 1.165) is 15.4 Å². The van der Waals surface area contributed by atoms with Gasteiger partial charge in [-0.15, -0.1) is 0 Å². The summed E-state index contributed by atoms with van der Waals surface area (Å²) in [5.74, 6) is -0.907. The van der Waals surface area contributed by atoms with E-state index in [0.29, 0.717) is 6.42 Å². The summed E-state index contributed by atoms with van der Waals surface area (Å²) < 4.78 is 29.1. The lowest BCUT2D eigenvalue weighted by Crippen LogP contribution is -2.54. The van der Waals surface area contributed by atoms with Crippen LogP contribution in [0.25, 0.3) is 0 Å². The number of amides is 2. The van der Waals surface area contributed by atoms with Gasteiger partial charge in [-0.2, -0.15) is 0 Å². The number of halogens is 2. The molecule has 44 heavy (non-hydrogen) atoms. The maximum atomic E-state index is 14.5. The molecule has 0 aliphatic rings. The van der Waals surface area contributed by atoms with Crippen LogP contribution in [-0.2, 0) is 32.6 Å². The SMILES string of the molecule is CC[C@H](C)NC(=O)[C@H](Cc1ccccc1)N(Cc1ccccc1)C(=O)CN(c1cccc(Cl)c1Cl)S(=O)(=O)c1ccccc1. The zero-order chi connectivity index (χ0) is 31.7. The first-order chi connectivity index (χ1) is 21.1. The lowest BCUT2D eigenvalue weighted by Gasteiger charge is -2.34. The van der Waals surface area contributed by atoms with Crippen molar-refractivity contribution < 1.29 is 18.0 Å². The molecule has 0 aliphatic heterocycles. The topological polar surface area (TPSA) is 86.8 Å². The smallest absolute Gasteiger partial charge is 0.264 e. The van der Waals surface area contributed by atoms with Gasteiger partial charge in [-0.3, -0.25) is 13.9 Å². The molecule has 0 heterocycles. The second-order valence-corrected chi connectivity index (χ2v) is 13.1. The largest absolute Gasteiger partial charge is 0.352 e. The molecule has 0 radical (unpaired) electrons. The Balaban J connectivity index is 1.82. The van der Waals surface area contributed by atoms with Gasteiger partial charge in [-0.1, -0.05) is 115 Å². The average Bonchev–Trinajstić information content (AvgIpc) is 3.04. The number of carbonyl (C=O) groups excluding carboxylic acids is 2. The highest BCUT2D eigenvalue weighted by Gasteiger charge is 2.35. The van der Waals surface area contributed by atoms with Crippen molar-refractivity contribution in [3.63, 3.8) is 0 Å². The number of benzene rings is 4. The van der Waals surface area contributed by atoms with Gasteiger partial charge in [0.25, 0.3) is 10.0 Å². The van der Waals surface area contributed by atoms with Gasteiger partial charge in [0.2, 0.25) is 11.8 Å². The van der Waals surface area contributed by atoms with Crippen molar-refractivity contribution in [2.45, 2.75) is 50.2 Å². The molecule has 0 saturated carbocycles. The standard InChI is InChI=1S/C34H35Cl2N3O4S/c1-3-25(2)37-34(41)31(22-26-14-7-4-8-15-26)38(23-27-16-9-5-10-17-27)32(40)24-39(30-21-13-20-29(35)33(30)36)44(42,43)28-18-11-6-12-19-28/h4-21,25,31H,3,22-24H2,1-2H3,(H,37,41)/t25-,31-/m0/s1. The third kappa shape index (κ3) is 8.20. The molecule has 2 amide bonds. The van der Waals surface area contributed by atoms with Crippen molar-refractivity contribution in [1.82, 2.24) is 10.2 Å². The molecule has 7 nitrogen and oxygen atoms in total. The van der Waals surface area contributed by atoms with Crippen LogP contribution < -0.4 is 9.62 Å². The molecule has 0 fully saturated rings. The number of anilines is 1. The monoisotopic (exact) mass is 651 g/mol. The highest BCUT2D eigenvalue weighted by molar-refractivity contribution is 7.92. The van der Waals surface area contributed by atoms with Crippen LogP contribution in [0, 0.1) is 0 Å². The molecule has 0 aromatic heterocycles. The number of rotatable bonds is 13. The van der Waals surface area contributed by atoms with E-state index in [1.165, 1.54) is 23.1 Å². The van der Waals surface area contributed by atoms with E-state index in [-0.39, 0.29) is 45.5 Å². The Morgan fingerprint density at radius 3 is 1.95 bits per heavy atom. The molecule has 0 aliphatic carbocycles. The van der Waals surface area contributed by atoms with Crippen molar-refractivity contribution in [3.8, 4) is 0 Å². The summed E-state index contributed by atoms with van der Waals surface area (Å²) >= 11 is 12.8. The lowest BCUT2D eigenvalue weighted by molar-refractivity contribution is -0.140. The maximum Gasteiger partial charge on any atom is 0.264 e. The fraction of sp³-hybridized carbons (Fsp3) is 0.235. The van der Waals surface area contributed by atoms with Crippen LogP contribution in [0.15, 0.2) is 114 Å². The van der Waals surface area contributed by atoms with Crippen LogP contribution in [0.5, 0.6) is 0 Å². The number of sulfonamides is 1. The molecule has 0 saturated heterocycles. The van der Waals surface area contributed by atoms with Crippen molar-refractivity contribution in [2.75, 3.05) is 10.8 Å². The summed E-state index contributed by atoms with van der Waals surface area (Å²) in [4.78, 5) is 29.7. The third-order valence-corrected chi connectivity index (χ3v) is 9.86. The summed E-state index contributed by atoms with van der Waals surface area (Å²) in [5, 5.41) is 3.16. The van der Waals surface area contributed by atoms with Gasteiger partial charge >= 0.3 is 0 Å². The normalized spacial score (nSPS) is 12.6. The first kappa shape index (κ1) is 33.1.